The molecule has 1 aromatic carbocycles. The lowest BCUT2D eigenvalue weighted by Gasteiger charge is -2.34. The van der Waals surface area contributed by atoms with Crippen molar-refractivity contribution in [2.24, 2.45) is 4.99 Å². The predicted molar refractivity (Wildman–Crippen MR) is 117 cm³/mol. The first-order valence-electron chi connectivity index (χ1n) is 10.1. The van der Waals surface area contributed by atoms with Gasteiger partial charge in [0, 0.05) is 38.3 Å². The number of amides is 1. The van der Waals surface area contributed by atoms with Crippen molar-refractivity contribution >= 4 is 23.6 Å². The van der Waals surface area contributed by atoms with E-state index < -0.39 is 5.67 Å². The molecule has 1 amide bonds. The monoisotopic (exact) mass is 407 g/mol. The molecular weight excluding hydrogens is 381 g/mol. The summed E-state index contributed by atoms with van der Waals surface area (Å²) in [6, 6.07) is 9.90. The Morgan fingerprint density at radius 1 is 1.17 bits per heavy atom. The molecule has 3 heterocycles. The number of nitrogens with zero attached hydrogens (tertiary/aromatic N) is 4. The average Bonchev–Trinajstić information content (AvgIpc) is 3.10. The molecule has 0 saturated carbocycles. The van der Waals surface area contributed by atoms with Crippen LogP contribution in [0.15, 0.2) is 47.7 Å². The summed E-state index contributed by atoms with van der Waals surface area (Å²) in [5.74, 6) is 0.0942. The minimum Gasteiger partial charge on any atom is -0.314 e. The van der Waals surface area contributed by atoms with Crippen LogP contribution in [0.25, 0.3) is 16.8 Å². The number of amidine groups is 1. The minimum atomic E-state index is -1.62. The molecule has 6 nitrogen and oxygen atoms in total. The number of fused-ring (bicyclic) bond motifs is 1. The van der Waals surface area contributed by atoms with Crippen molar-refractivity contribution in [2.45, 2.75) is 32.4 Å². The van der Waals surface area contributed by atoms with Crippen LogP contribution in [-0.2, 0) is 4.79 Å². The Morgan fingerprint density at radius 3 is 2.60 bits per heavy atom. The number of aliphatic imine (C=N–C) groups is 1. The Labute approximate surface area is 175 Å². The van der Waals surface area contributed by atoms with Gasteiger partial charge in [-0.2, -0.15) is 0 Å². The second-order valence-corrected chi connectivity index (χ2v) is 8.06. The summed E-state index contributed by atoms with van der Waals surface area (Å²) < 4.78 is 17.5. The van der Waals surface area contributed by atoms with Crippen molar-refractivity contribution in [2.75, 3.05) is 20.1 Å². The predicted octanol–water partition coefficient (Wildman–Crippen LogP) is 3.83. The van der Waals surface area contributed by atoms with Crippen LogP contribution in [0.3, 0.4) is 0 Å². The Hall–Kier alpha value is -3.06. The summed E-state index contributed by atoms with van der Waals surface area (Å²) >= 11 is 0. The van der Waals surface area contributed by atoms with Crippen LogP contribution in [0.5, 0.6) is 0 Å². The van der Waals surface area contributed by atoms with Gasteiger partial charge >= 0.3 is 0 Å². The maximum atomic E-state index is 15.5. The summed E-state index contributed by atoms with van der Waals surface area (Å²) in [5.41, 5.74) is 3.92. The van der Waals surface area contributed by atoms with E-state index in [1.807, 2.05) is 68.0 Å². The first-order valence-corrected chi connectivity index (χ1v) is 10.1. The summed E-state index contributed by atoms with van der Waals surface area (Å²) in [6.45, 7) is 5.17. The Balaban J connectivity index is 1.66. The number of hydrogen-bond donors (Lipinski definition) is 1. The number of hydrogen-bond acceptors (Lipinski definition) is 4. The third-order valence-electron chi connectivity index (χ3n) is 5.73. The number of carbonyl (C=O) groups is 1. The molecule has 1 fully saturated rings. The van der Waals surface area contributed by atoms with Crippen LogP contribution in [0, 0.1) is 13.8 Å². The quantitative estimate of drug-likeness (QED) is 0.406. The molecule has 1 aliphatic heterocycles. The van der Waals surface area contributed by atoms with Gasteiger partial charge in [-0.05, 0) is 61.9 Å². The molecule has 1 aliphatic rings. The Kier molecular flexibility index (Phi) is 5.39. The first-order chi connectivity index (χ1) is 14.4. The zero-order valence-corrected chi connectivity index (χ0v) is 17.5. The number of nitrogens with one attached hydrogen (secondary N) is 1. The molecule has 0 bridgehead atoms. The SMILES string of the molecule is Cc1cn2cc(-c3ccc(/N=C(\NC=O)C4(F)CCN(C)CC4)c(C)c3)ccc2n1. The van der Waals surface area contributed by atoms with Gasteiger partial charge in [-0.25, -0.2) is 14.4 Å². The highest BCUT2D eigenvalue weighted by molar-refractivity contribution is 5.98. The molecule has 1 saturated heterocycles. The summed E-state index contributed by atoms with van der Waals surface area (Å²) in [6.07, 6.45) is 5.16. The first kappa shape index (κ1) is 20.2. The second kappa shape index (κ2) is 7.99. The molecule has 156 valence electrons. The number of carbonyl (C=O) groups excluding carboxylic acids is 1. The van der Waals surface area contributed by atoms with Gasteiger partial charge in [-0.1, -0.05) is 6.07 Å². The maximum absolute atomic E-state index is 15.5. The van der Waals surface area contributed by atoms with Crippen LogP contribution < -0.4 is 5.32 Å². The van der Waals surface area contributed by atoms with E-state index in [2.05, 4.69) is 20.2 Å². The van der Waals surface area contributed by atoms with Crippen molar-refractivity contribution in [3.05, 3.63) is 54.0 Å². The largest absolute Gasteiger partial charge is 0.314 e. The highest BCUT2D eigenvalue weighted by atomic mass is 19.1. The van der Waals surface area contributed by atoms with Gasteiger partial charge in [0.2, 0.25) is 6.41 Å². The van der Waals surface area contributed by atoms with E-state index in [1.54, 1.807) is 0 Å². The van der Waals surface area contributed by atoms with Crippen molar-refractivity contribution in [3.63, 3.8) is 0 Å². The molecular formula is C23H26FN5O. The Morgan fingerprint density at radius 2 is 1.90 bits per heavy atom. The lowest BCUT2D eigenvalue weighted by Crippen LogP contribution is -2.50. The topological polar surface area (TPSA) is 62.0 Å². The summed E-state index contributed by atoms with van der Waals surface area (Å²) in [5, 5.41) is 2.52. The normalized spacial score (nSPS) is 17.3. The molecule has 7 heteroatoms. The summed E-state index contributed by atoms with van der Waals surface area (Å²) in [4.78, 5) is 22.2. The number of alkyl halides is 1. The fourth-order valence-electron chi connectivity index (χ4n) is 3.90. The van der Waals surface area contributed by atoms with Crippen LogP contribution >= 0.6 is 0 Å². The number of likely N-dealkylation sites (tertiary alicyclic amines) is 1. The number of rotatable bonds is 4. The number of aryl methyl sites for hydroxylation is 2. The molecule has 0 radical (unpaired) electrons. The van der Waals surface area contributed by atoms with Gasteiger partial charge in [0.1, 0.15) is 11.5 Å². The molecule has 3 aromatic rings. The van der Waals surface area contributed by atoms with Crippen molar-refractivity contribution in [1.29, 1.82) is 0 Å². The fourth-order valence-corrected chi connectivity index (χ4v) is 3.90. The lowest BCUT2D eigenvalue weighted by molar-refractivity contribution is -0.108. The standard InChI is InChI=1S/C23H26FN5O/c1-16-12-18(19-5-7-21-26-17(2)13-29(21)14-19)4-6-20(16)27-22(25-15-30)23(24)8-10-28(3)11-9-23/h4-7,12-15H,8-11H2,1-3H3,(H,25,27,30). The molecule has 1 N–H and O–H groups in total. The van der Waals surface area contributed by atoms with Crippen molar-refractivity contribution in [1.82, 2.24) is 19.6 Å². The fraction of sp³-hybridized carbons (Fsp3) is 0.348. The van der Waals surface area contributed by atoms with Gasteiger partial charge in [-0.3, -0.25) is 4.79 Å². The van der Waals surface area contributed by atoms with E-state index in [-0.39, 0.29) is 5.84 Å². The second-order valence-electron chi connectivity index (χ2n) is 8.06. The van der Waals surface area contributed by atoms with Crippen LogP contribution in [0.1, 0.15) is 24.1 Å². The van der Waals surface area contributed by atoms with Crippen LogP contribution in [0.4, 0.5) is 10.1 Å². The molecule has 0 spiro atoms. The molecule has 0 atom stereocenters. The van der Waals surface area contributed by atoms with E-state index >= 15 is 4.39 Å². The van der Waals surface area contributed by atoms with E-state index in [0.29, 0.717) is 38.0 Å². The minimum absolute atomic E-state index is 0.0942. The van der Waals surface area contributed by atoms with Crippen LogP contribution in [-0.4, -0.2) is 52.3 Å². The summed E-state index contributed by atoms with van der Waals surface area (Å²) in [7, 11) is 1.97. The number of pyridine rings is 1. The third kappa shape index (κ3) is 3.98. The van der Waals surface area contributed by atoms with Gasteiger partial charge < -0.3 is 14.6 Å². The number of halogens is 1. The third-order valence-corrected chi connectivity index (χ3v) is 5.73. The molecule has 30 heavy (non-hydrogen) atoms. The molecule has 0 aliphatic carbocycles. The van der Waals surface area contributed by atoms with Crippen LogP contribution in [0.2, 0.25) is 0 Å². The smallest absolute Gasteiger partial charge is 0.212 e. The molecule has 4 rings (SSSR count). The zero-order valence-electron chi connectivity index (χ0n) is 17.5. The van der Waals surface area contributed by atoms with Crippen molar-refractivity contribution in [3.8, 4) is 11.1 Å². The van der Waals surface area contributed by atoms with E-state index in [9.17, 15) is 4.79 Å². The maximum Gasteiger partial charge on any atom is 0.212 e. The van der Waals surface area contributed by atoms with Gasteiger partial charge in [0.05, 0.1) is 11.4 Å². The Bertz CT molecular complexity index is 1110. The van der Waals surface area contributed by atoms with E-state index in [1.165, 1.54) is 0 Å². The lowest BCUT2D eigenvalue weighted by atomic mass is 9.92. The van der Waals surface area contributed by atoms with Crippen molar-refractivity contribution < 1.29 is 9.18 Å². The number of piperidine rings is 1. The number of benzene rings is 1. The van der Waals surface area contributed by atoms with Gasteiger partial charge in [0.25, 0.3) is 0 Å². The van der Waals surface area contributed by atoms with Gasteiger partial charge in [0.15, 0.2) is 5.67 Å². The highest BCUT2D eigenvalue weighted by Gasteiger charge is 2.39. The number of imidazole rings is 1. The van der Waals surface area contributed by atoms with E-state index in [0.717, 1.165) is 28.0 Å². The molecule has 2 aromatic heterocycles. The van der Waals surface area contributed by atoms with E-state index in [4.69, 9.17) is 0 Å². The zero-order chi connectivity index (χ0) is 21.3. The highest BCUT2D eigenvalue weighted by Crippen LogP contribution is 2.31. The average molecular weight is 407 g/mol. The molecule has 0 unspecified atom stereocenters. The van der Waals surface area contributed by atoms with Gasteiger partial charge in [-0.15, -0.1) is 0 Å². The number of aromatic nitrogens is 2.